The fourth-order valence-corrected chi connectivity index (χ4v) is 2.15. The molecule has 0 radical (unpaired) electrons. The first kappa shape index (κ1) is 8.53. The van der Waals surface area contributed by atoms with E-state index < -0.39 is 0 Å². The van der Waals surface area contributed by atoms with E-state index in [4.69, 9.17) is 0 Å². The number of aryl methyl sites for hydroxylation is 1. The van der Waals surface area contributed by atoms with E-state index >= 15 is 0 Å². The average Bonchev–Trinajstić information content (AvgIpc) is 2.83. The minimum absolute atomic E-state index is 1.05. The number of aromatic amines is 1. The summed E-state index contributed by atoms with van der Waals surface area (Å²) in [6, 6.07) is 6.65. The third-order valence-corrected chi connectivity index (χ3v) is 2.93. The smallest absolute Gasteiger partial charge is 0.0794 e. The Balaban J connectivity index is 2.08. The Labute approximate surface area is 88.7 Å². The SMILES string of the molecule is Cc1ccc2c(c1)N(c1cn[nH]c1)CC2. The van der Waals surface area contributed by atoms with E-state index in [0.717, 1.165) is 18.7 Å². The van der Waals surface area contributed by atoms with Crippen molar-refractivity contribution in [1.82, 2.24) is 10.2 Å². The molecule has 0 spiro atoms. The Hall–Kier alpha value is -1.77. The lowest BCUT2D eigenvalue weighted by molar-refractivity contribution is 0.999. The van der Waals surface area contributed by atoms with Crippen LogP contribution in [0.2, 0.25) is 0 Å². The summed E-state index contributed by atoms with van der Waals surface area (Å²) in [5.74, 6) is 0. The van der Waals surface area contributed by atoms with E-state index in [1.807, 2.05) is 12.4 Å². The van der Waals surface area contributed by atoms with Crippen LogP contribution >= 0.6 is 0 Å². The first-order chi connectivity index (χ1) is 7.34. The Morgan fingerprint density at radius 1 is 1.40 bits per heavy atom. The van der Waals surface area contributed by atoms with E-state index in [0.29, 0.717) is 0 Å². The second kappa shape index (κ2) is 3.12. The first-order valence-corrected chi connectivity index (χ1v) is 5.20. The zero-order valence-corrected chi connectivity index (χ0v) is 8.70. The molecule has 0 aliphatic carbocycles. The van der Waals surface area contributed by atoms with E-state index in [1.54, 1.807) is 0 Å². The number of nitrogens with zero attached hydrogens (tertiary/aromatic N) is 2. The molecule has 2 aromatic rings. The molecule has 76 valence electrons. The molecule has 3 rings (SSSR count). The van der Waals surface area contributed by atoms with Gasteiger partial charge in [-0.15, -0.1) is 0 Å². The number of anilines is 2. The Morgan fingerprint density at radius 2 is 2.33 bits per heavy atom. The zero-order chi connectivity index (χ0) is 10.3. The highest BCUT2D eigenvalue weighted by atomic mass is 15.2. The molecule has 0 saturated heterocycles. The predicted molar refractivity (Wildman–Crippen MR) is 60.5 cm³/mol. The van der Waals surface area contributed by atoms with Gasteiger partial charge in [-0.05, 0) is 30.5 Å². The van der Waals surface area contributed by atoms with Gasteiger partial charge in [0, 0.05) is 18.4 Å². The molecule has 0 fully saturated rings. The fourth-order valence-electron chi connectivity index (χ4n) is 2.15. The normalized spacial score (nSPS) is 14.3. The highest BCUT2D eigenvalue weighted by Crippen LogP contribution is 2.34. The van der Waals surface area contributed by atoms with Crippen molar-refractivity contribution in [3.63, 3.8) is 0 Å². The topological polar surface area (TPSA) is 31.9 Å². The largest absolute Gasteiger partial charge is 0.338 e. The monoisotopic (exact) mass is 199 g/mol. The van der Waals surface area contributed by atoms with Gasteiger partial charge in [0.2, 0.25) is 0 Å². The molecule has 0 amide bonds. The Kier molecular flexibility index (Phi) is 1.78. The summed E-state index contributed by atoms with van der Waals surface area (Å²) in [6.45, 7) is 3.18. The van der Waals surface area contributed by atoms with E-state index in [2.05, 4.69) is 40.2 Å². The van der Waals surface area contributed by atoms with Crippen LogP contribution in [-0.2, 0) is 6.42 Å². The highest BCUT2D eigenvalue weighted by molar-refractivity contribution is 5.69. The average molecular weight is 199 g/mol. The molecule has 0 bridgehead atoms. The van der Waals surface area contributed by atoms with Crippen LogP contribution in [0, 0.1) is 6.92 Å². The molecule has 1 aromatic heterocycles. The van der Waals surface area contributed by atoms with E-state index in [-0.39, 0.29) is 0 Å². The molecular formula is C12H13N3. The summed E-state index contributed by atoms with van der Waals surface area (Å²) >= 11 is 0. The Bertz CT molecular complexity index is 474. The van der Waals surface area contributed by atoms with Gasteiger partial charge in [0.15, 0.2) is 0 Å². The van der Waals surface area contributed by atoms with Crippen molar-refractivity contribution in [3.05, 3.63) is 41.7 Å². The number of aromatic nitrogens is 2. The molecule has 0 atom stereocenters. The molecular weight excluding hydrogens is 186 g/mol. The number of benzene rings is 1. The minimum Gasteiger partial charge on any atom is -0.338 e. The standard InChI is InChI=1S/C12H13N3/c1-9-2-3-10-4-5-15(12(10)6-9)11-7-13-14-8-11/h2-3,6-8H,4-5H2,1H3,(H,13,14). The van der Waals surface area contributed by atoms with Gasteiger partial charge in [-0.2, -0.15) is 5.10 Å². The van der Waals surface area contributed by atoms with Crippen LogP contribution in [-0.4, -0.2) is 16.7 Å². The number of nitrogens with one attached hydrogen (secondary N) is 1. The van der Waals surface area contributed by atoms with Crippen molar-refractivity contribution < 1.29 is 0 Å². The molecule has 2 heterocycles. The third kappa shape index (κ3) is 1.31. The van der Waals surface area contributed by atoms with E-state index in [1.165, 1.54) is 16.8 Å². The van der Waals surface area contributed by atoms with Crippen molar-refractivity contribution in [3.8, 4) is 0 Å². The van der Waals surface area contributed by atoms with Gasteiger partial charge in [0.25, 0.3) is 0 Å². The molecule has 15 heavy (non-hydrogen) atoms. The summed E-state index contributed by atoms with van der Waals surface area (Å²) in [5.41, 5.74) is 5.22. The number of rotatable bonds is 1. The van der Waals surface area contributed by atoms with Gasteiger partial charge in [0.05, 0.1) is 11.9 Å². The molecule has 1 aliphatic rings. The van der Waals surface area contributed by atoms with Crippen molar-refractivity contribution in [2.24, 2.45) is 0 Å². The van der Waals surface area contributed by atoms with Crippen LogP contribution < -0.4 is 4.90 Å². The summed E-state index contributed by atoms with van der Waals surface area (Å²) in [6.07, 6.45) is 4.94. The van der Waals surface area contributed by atoms with Crippen molar-refractivity contribution in [2.75, 3.05) is 11.4 Å². The molecule has 1 N–H and O–H groups in total. The fraction of sp³-hybridized carbons (Fsp3) is 0.250. The molecule has 1 aliphatic heterocycles. The third-order valence-electron chi connectivity index (χ3n) is 2.93. The maximum absolute atomic E-state index is 4.00. The van der Waals surface area contributed by atoms with Crippen LogP contribution in [0.3, 0.4) is 0 Å². The predicted octanol–water partition coefficient (Wildman–Crippen LogP) is 2.41. The number of hydrogen-bond acceptors (Lipinski definition) is 2. The lowest BCUT2D eigenvalue weighted by atomic mass is 10.1. The van der Waals surface area contributed by atoms with Crippen LogP contribution in [0.5, 0.6) is 0 Å². The molecule has 3 nitrogen and oxygen atoms in total. The minimum atomic E-state index is 1.05. The van der Waals surface area contributed by atoms with Gasteiger partial charge < -0.3 is 4.90 Å². The van der Waals surface area contributed by atoms with Crippen LogP contribution in [0.15, 0.2) is 30.6 Å². The van der Waals surface area contributed by atoms with Crippen molar-refractivity contribution in [2.45, 2.75) is 13.3 Å². The summed E-state index contributed by atoms with van der Waals surface area (Å²) in [5, 5.41) is 6.86. The number of hydrogen-bond donors (Lipinski definition) is 1. The molecule has 1 aromatic carbocycles. The molecule has 0 saturated carbocycles. The van der Waals surface area contributed by atoms with Crippen LogP contribution in [0.1, 0.15) is 11.1 Å². The highest BCUT2D eigenvalue weighted by Gasteiger charge is 2.20. The van der Waals surface area contributed by atoms with Gasteiger partial charge >= 0.3 is 0 Å². The maximum Gasteiger partial charge on any atom is 0.0794 e. The van der Waals surface area contributed by atoms with Crippen LogP contribution in [0.25, 0.3) is 0 Å². The second-order valence-electron chi connectivity index (χ2n) is 3.99. The summed E-state index contributed by atoms with van der Waals surface area (Å²) in [4.78, 5) is 2.31. The van der Waals surface area contributed by atoms with Crippen LogP contribution in [0.4, 0.5) is 11.4 Å². The van der Waals surface area contributed by atoms with Gasteiger partial charge in [-0.1, -0.05) is 12.1 Å². The molecule has 0 unspecified atom stereocenters. The lowest BCUT2D eigenvalue weighted by Gasteiger charge is -2.17. The van der Waals surface area contributed by atoms with Crippen molar-refractivity contribution in [1.29, 1.82) is 0 Å². The lowest BCUT2D eigenvalue weighted by Crippen LogP contribution is -2.12. The van der Waals surface area contributed by atoms with Gasteiger partial charge in [-0.3, -0.25) is 5.10 Å². The van der Waals surface area contributed by atoms with Gasteiger partial charge in [-0.25, -0.2) is 0 Å². The number of H-pyrrole nitrogens is 1. The Morgan fingerprint density at radius 3 is 3.13 bits per heavy atom. The quantitative estimate of drug-likeness (QED) is 0.764. The summed E-state index contributed by atoms with van der Waals surface area (Å²) in [7, 11) is 0. The number of fused-ring (bicyclic) bond motifs is 1. The van der Waals surface area contributed by atoms with Crippen molar-refractivity contribution >= 4 is 11.4 Å². The second-order valence-corrected chi connectivity index (χ2v) is 3.99. The first-order valence-electron chi connectivity index (χ1n) is 5.20. The summed E-state index contributed by atoms with van der Waals surface area (Å²) < 4.78 is 0. The van der Waals surface area contributed by atoms with E-state index in [9.17, 15) is 0 Å². The molecule has 3 heteroatoms. The maximum atomic E-state index is 4.00. The zero-order valence-electron chi connectivity index (χ0n) is 8.70. The van der Waals surface area contributed by atoms with Gasteiger partial charge in [0.1, 0.15) is 0 Å².